The second kappa shape index (κ2) is 5.95. The highest BCUT2D eigenvalue weighted by Crippen LogP contribution is 2.25. The van der Waals surface area contributed by atoms with E-state index in [9.17, 15) is 9.59 Å². The molecule has 5 nitrogen and oxygen atoms in total. The zero-order valence-corrected chi connectivity index (χ0v) is 14.8. The number of aromatic nitrogens is 2. The Bertz CT molecular complexity index is 1220. The van der Waals surface area contributed by atoms with Crippen LogP contribution in [0.4, 0.5) is 0 Å². The van der Waals surface area contributed by atoms with E-state index < -0.39 is 5.78 Å². The van der Waals surface area contributed by atoms with Gasteiger partial charge in [0.2, 0.25) is 11.2 Å². The van der Waals surface area contributed by atoms with Gasteiger partial charge in [0.15, 0.2) is 0 Å². The maximum atomic E-state index is 13.2. The summed E-state index contributed by atoms with van der Waals surface area (Å²) in [6.45, 7) is 5.65. The van der Waals surface area contributed by atoms with Crippen molar-refractivity contribution < 1.29 is 9.21 Å². The summed E-state index contributed by atoms with van der Waals surface area (Å²) in [5.41, 5.74) is 1.35. The standard InChI is InChI=1S/C21H18N2O3/c1-12(2)23-16-10-6-4-8-14(16)19(22-23)21(25)18-13(3)26-17-11-7-5-9-15(17)20(18)24/h4-12H,1-3H3. The van der Waals surface area contributed by atoms with Crippen molar-refractivity contribution in [3.63, 3.8) is 0 Å². The summed E-state index contributed by atoms with van der Waals surface area (Å²) in [5, 5.41) is 5.65. The van der Waals surface area contributed by atoms with E-state index in [1.165, 1.54) is 0 Å². The highest BCUT2D eigenvalue weighted by atomic mass is 16.3. The number of benzene rings is 2. The Kier molecular flexibility index (Phi) is 3.72. The molecule has 0 amide bonds. The third-order valence-corrected chi connectivity index (χ3v) is 4.52. The minimum atomic E-state index is -0.405. The lowest BCUT2D eigenvalue weighted by Gasteiger charge is -2.06. The number of para-hydroxylation sites is 2. The van der Waals surface area contributed by atoms with Crippen LogP contribution in [0.5, 0.6) is 0 Å². The van der Waals surface area contributed by atoms with Gasteiger partial charge in [0.1, 0.15) is 22.6 Å². The first-order chi connectivity index (χ1) is 12.5. The second-order valence-corrected chi connectivity index (χ2v) is 6.59. The molecule has 0 unspecified atom stereocenters. The van der Waals surface area contributed by atoms with Gasteiger partial charge in [-0.15, -0.1) is 0 Å². The highest BCUT2D eigenvalue weighted by Gasteiger charge is 2.25. The molecule has 0 aliphatic rings. The number of ketones is 1. The Morgan fingerprint density at radius 2 is 1.69 bits per heavy atom. The normalized spacial score (nSPS) is 11.5. The summed E-state index contributed by atoms with van der Waals surface area (Å²) < 4.78 is 7.53. The molecule has 4 rings (SSSR count). The minimum absolute atomic E-state index is 0.0443. The summed E-state index contributed by atoms with van der Waals surface area (Å²) in [6, 6.07) is 14.6. The number of aryl methyl sites for hydroxylation is 1. The molecule has 0 aliphatic heterocycles. The number of rotatable bonds is 3. The molecule has 130 valence electrons. The van der Waals surface area contributed by atoms with Gasteiger partial charge < -0.3 is 4.42 Å². The maximum absolute atomic E-state index is 13.2. The molecule has 0 atom stereocenters. The summed E-state index contributed by atoms with van der Waals surface area (Å²) >= 11 is 0. The Hall–Kier alpha value is -3.21. The molecular weight excluding hydrogens is 328 g/mol. The number of nitrogens with zero attached hydrogens (tertiary/aromatic N) is 2. The first kappa shape index (κ1) is 16.3. The number of carbonyl (C=O) groups excluding carboxylic acids is 1. The van der Waals surface area contributed by atoms with Gasteiger partial charge in [-0.2, -0.15) is 5.10 Å². The average Bonchev–Trinajstić information content (AvgIpc) is 3.01. The van der Waals surface area contributed by atoms with Crippen LogP contribution in [-0.2, 0) is 0 Å². The zero-order valence-electron chi connectivity index (χ0n) is 14.8. The number of carbonyl (C=O) groups is 1. The van der Waals surface area contributed by atoms with E-state index >= 15 is 0 Å². The summed E-state index contributed by atoms with van der Waals surface area (Å²) in [7, 11) is 0. The molecule has 0 saturated heterocycles. The largest absolute Gasteiger partial charge is 0.460 e. The monoisotopic (exact) mass is 346 g/mol. The molecule has 5 heteroatoms. The van der Waals surface area contributed by atoms with Crippen molar-refractivity contribution in [2.75, 3.05) is 0 Å². The predicted octanol–water partition coefficient (Wildman–Crippen LogP) is 4.26. The molecule has 4 aromatic rings. The van der Waals surface area contributed by atoms with Crippen LogP contribution in [0.15, 0.2) is 57.7 Å². The summed E-state index contributed by atoms with van der Waals surface area (Å²) in [5.74, 6) is -0.0977. The van der Waals surface area contributed by atoms with Crippen LogP contribution < -0.4 is 5.43 Å². The molecule has 2 aromatic heterocycles. The van der Waals surface area contributed by atoms with Gasteiger partial charge in [-0.3, -0.25) is 14.3 Å². The lowest BCUT2D eigenvalue weighted by Crippen LogP contribution is -2.19. The number of fused-ring (bicyclic) bond motifs is 2. The topological polar surface area (TPSA) is 65.1 Å². The number of hydrogen-bond acceptors (Lipinski definition) is 4. The van der Waals surface area contributed by atoms with Crippen molar-refractivity contribution in [3.8, 4) is 0 Å². The lowest BCUT2D eigenvalue weighted by atomic mass is 10.0. The van der Waals surface area contributed by atoms with E-state index in [1.807, 2.05) is 38.1 Å². The van der Waals surface area contributed by atoms with E-state index in [1.54, 1.807) is 35.9 Å². The Balaban J connectivity index is 1.99. The van der Waals surface area contributed by atoms with Crippen LogP contribution in [-0.4, -0.2) is 15.6 Å². The van der Waals surface area contributed by atoms with E-state index in [0.717, 1.165) is 10.9 Å². The van der Waals surface area contributed by atoms with E-state index in [0.29, 0.717) is 16.7 Å². The van der Waals surface area contributed by atoms with E-state index in [4.69, 9.17) is 4.42 Å². The zero-order chi connectivity index (χ0) is 18.4. The van der Waals surface area contributed by atoms with Crippen molar-refractivity contribution >= 4 is 27.7 Å². The van der Waals surface area contributed by atoms with Gasteiger partial charge in [0, 0.05) is 11.4 Å². The Morgan fingerprint density at radius 3 is 2.42 bits per heavy atom. The molecule has 0 N–H and O–H groups in total. The fourth-order valence-corrected chi connectivity index (χ4v) is 3.29. The second-order valence-electron chi connectivity index (χ2n) is 6.59. The van der Waals surface area contributed by atoms with Crippen molar-refractivity contribution in [2.24, 2.45) is 0 Å². The van der Waals surface area contributed by atoms with Gasteiger partial charge >= 0.3 is 0 Å². The van der Waals surface area contributed by atoms with Crippen molar-refractivity contribution in [2.45, 2.75) is 26.8 Å². The fraction of sp³-hybridized carbons (Fsp3) is 0.190. The molecule has 0 aliphatic carbocycles. The van der Waals surface area contributed by atoms with Gasteiger partial charge in [-0.1, -0.05) is 30.3 Å². The van der Waals surface area contributed by atoms with Crippen LogP contribution in [0.25, 0.3) is 21.9 Å². The van der Waals surface area contributed by atoms with Crippen LogP contribution in [0.3, 0.4) is 0 Å². The molecular formula is C21H18N2O3. The first-order valence-corrected chi connectivity index (χ1v) is 8.53. The van der Waals surface area contributed by atoms with Gasteiger partial charge in [0.05, 0.1) is 10.9 Å². The molecule has 0 fully saturated rings. The van der Waals surface area contributed by atoms with Gasteiger partial charge in [0.25, 0.3) is 0 Å². The third-order valence-electron chi connectivity index (χ3n) is 4.52. The van der Waals surface area contributed by atoms with Gasteiger partial charge in [-0.05, 0) is 39.0 Å². The third kappa shape index (κ3) is 2.36. The molecule has 0 spiro atoms. The van der Waals surface area contributed by atoms with Crippen molar-refractivity contribution in [1.29, 1.82) is 0 Å². The van der Waals surface area contributed by atoms with Crippen LogP contribution in [0.1, 0.15) is 41.7 Å². The summed E-state index contributed by atoms with van der Waals surface area (Å²) in [6.07, 6.45) is 0. The SMILES string of the molecule is Cc1oc2ccccc2c(=O)c1C(=O)c1nn(C(C)C)c2ccccc12. The molecule has 2 heterocycles. The highest BCUT2D eigenvalue weighted by molar-refractivity contribution is 6.16. The van der Waals surface area contributed by atoms with Gasteiger partial charge in [-0.25, -0.2) is 0 Å². The molecule has 26 heavy (non-hydrogen) atoms. The quantitative estimate of drug-likeness (QED) is 0.520. The average molecular weight is 346 g/mol. The smallest absolute Gasteiger partial charge is 0.221 e. The van der Waals surface area contributed by atoms with Crippen LogP contribution in [0.2, 0.25) is 0 Å². The van der Waals surface area contributed by atoms with E-state index in [-0.39, 0.29) is 22.7 Å². The van der Waals surface area contributed by atoms with E-state index in [2.05, 4.69) is 5.10 Å². The summed E-state index contributed by atoms with van der Waals surface area (Å²) in [4.78, 5) is 26.2. The van der Waals surface area contributed by atoms with Crippen molar-refractivity contribution in [3.05, 3.63) is 75.8 Å². The Morgan fingerprint density at radius 1 is 1.04 bits per heavy atom. The first-order valence-electron chi connectivity index (χ1n) is 8.53. The fourth-order valence-electron chi connectivity index (χ4n) is 3.29. The number of hydrogen-bond donors (Lipinski definition) is 0. The van der Waals surface area contributed by atoms with Crippen molar-refractivity contribution in [1.82, 2.24) is 9.78 Å². The molecule has 0 saturated carbocycles. The van der Waals surface area contributed by atoms with Crippen LogP contribution >= 0.6 is 0 Å². The predicted molar refractivity (Wildman–Crippen MR) is 101 cm³/mol. The molecule has 2 aromatic carbocycles. The lowest BCUT2D eigenvalue weighted by molar-refractivity contribution is 0.103. The maximum Gasteiger partial charge on any atom is 0.221 e. The Labute approximate surface area is 149 Å². The van der Waals surface area contributed by atoms with Crippen LogP contribution in [0, 0.1) is 6.92 Å². The minimum Gasteiger partial charge on any atom is -0.460 e. The molecule has 0 bridgehead atoms. The molecule has 0 radical (unpaired) electrons.